The number of aliphatic hydroxyl groups excluding tert-OH is 2. The van der Waals surface area contributed by atoms with Gasteiger partial charge in [0.25, 0.3) is 0 Å². The number of carbonyl (C=O) groups is 1. The van der Waals surface area contributed by atoms with Crippen LogP contribution in [0.2, 0.25) is 0 Å². The van der Waals surface area contributed by atoms with E-state index in [2.05, 4.69) is 52.0 Å². The van der Waals surface area contributed by atoms with Crippen LogP contribution in [0.15, 0.2) is 24.3 Å². The van der Waals surface area contributed by atoms with Crippen molar-refractivity contribution in [1.29, 1.82) is 0 Å². The van der Waals surface area contributed by atoms with Crippen LogP contribution >= 0.6 is 0 Å². The van der Waals surface area contributed by atoms with Crippen LogP contribution in [0.5, 0.6) is 0 Å². The van der Waals surface area contributed by atoms with Crippen molar-refractivity contribution in [2.24, 2.45) is 61.6 Å². The molecule has 0 amide bonds. The van der Waals surface area contributed by atoms with E-state index in [1.165, 1.54) is 68.9 Å². The molecule has 6 aliphatic carbocycles. The maximum atomic E-state index is 13.1. The molecule has 13 atom stereocenters. The van der Waals surface area contributed by atoms with Crippen LogP contribution in [0.4, 0.5) is 0 Å². The molecule has 1 heterocycles. The Morgan fingerprint density at radius 2 is 1.52 bits per heavy atom. The van der Waals surface area contributed by atoms with Crippen LogP contribution in [0.25, 0.3) is 0 Å². The second kappa shape index (κ2) is 16.5. The van der Waals surface area contributed by atoms with Gasteiger partial charge in [0, 0.05) is 30.3 Å². The van der Waals surface area contributed by atoms with E-state index in [0.717, 1.165) is 89.4 Å². The number of ether oxygens (including phenoxy) is 2. The number of carboxylic acids is 1. The molecule has 1 aliphatic heterocycles. The molecule has 4 N–H and O–H groups in total. The molecule has 1 spiro atoms. The standard InChI is InChI=1S/C53H84O7/c1-7-14-41-51-25-22-40-48(4)29-28-46(2)26-27-47(3,45(56)57)34-42(46)50(48,24-13-9-12-17-37-15-10-8-11-16-37)31-30-49(40,5)52(51,36-54)43(55)35-53(41,58)60-44(51)33-39-20-18-38(19-21-39)23-32-59-6/h18-21,37,40-44,54-55,58H,7-17,22-36H2,1-6H3,(H,56,57)/t40-,41-,42-,43+,44-,46-,47-,48-,49-,50+,51-,52+,53+/m1/s1. The monoisotopic (exact) mass is 833 g/mol. The minimum Gasteiger partial charge on any atom is -0.481 e. The zero-order valence-corrected chi connectivity index (χ0v) is 38.7. The highest BCUT2D eigenvalue weighted by Gasteiger charge is 2.84. The SMILES string of the molecule is CCC[C@@H]1[C@@]23CC[C@@H]4[C@@]5(C)CC[C@@]6(C)CC[C@@](C)(C(=O)O)C[C@H]6[C@]5(CCCCCC5CCCCC5)CC[C@@]4(C)[C@]2(CO)[C@@H](O)C[C@]1(O)O[C@@H]3Cc1ccc(CCOC)cc1. The van der Waals surface area contributed by atoms with E-state index >= 15 is 0 Å². The van der Waals surface area contributed by atoms with Crippen LogP contribution in [0.3, 0.4) is 0 Å². The number of fused-ring (bicyclic) bond motifs is 7. The van der Waals surface area contributed by atoms with Gasteiger partial charge in [-0.05, 0) is 141 Å². The number of benzene rings is 1. The number of rotatable bonds is 15. The zero-order valence-electron chi connectivity index (χ0n) is 38.7. The van der Waals surface area contributed by atoms with Crippen molar-refractivity contribution in [2.75, 3.05) is 20.3 Å². The molecule has 6 saturated carbocycles. The van der Waals surface area contributed by atoms with Gasteiger partial charge in [-0.3, -0.25) is 4.79 Å². The first-order valence-electron chi connectivity index (χ1n) is 25.1. The molecule has 0 aromatic heterocycles. The van der Waals surface area contributed by atoms with E-state index in [4.69, 9.17) is 9.47 Å². The van der Waals surface area contributed by atoms with E-state index in [9.17, 15) is 25.2 Å². The van der Waals surface area contributed by atoms with Crippen molar-refractivity contribution in [3.05, 3.63) is 35.4 Å². The third kappa shape index (κ3) is 6.59. The minimum atomic E-state index is -1.43. The largest absolute Gasteiger partial charge is 0.481 e. The van der Waals surface area contributed by atoms with Crippen LogP contribution in [-0.4, -0.2) is 64.7 Å². The fourth-order valence-corrected chi connectivity index (χ4v) is 17.9. The Morgan fingerprint density at radius 3 is 2.20 bits per heavy atom. The van der Waals surface area contributed by atoms with Gasteiger partial charge in [0.05, 0.1) is 30.8 Å². The predicted octanol–water partition coefficient (Wildman–Crippen LogP) is 11.1. The summed E-state index contributed by atoms with van der Waals surface area (Å²) in [5, 5.41) is 48.7. The lowest BCUT2D eigenvalue weighted by atomic mass is 9.25. The molecule has 1 aromatic carbocycles. The van der Waals surface area contributed by atoms with Crippen molar-refractivity contribution in [1.82, 2.24) is 0 Å². The lowest BCUT2D eigenvalue weighted by Crippen LogP contribution is -2.77. The third-order valence-corrected chi connectivity index (χ3v) is 21.1. The fraction of sp³-hybridized carbons (Fsp3) is 0.868. The smallest absolute Gasteiger partial charge is 0.309 e. The van der Waals surface area contributed by atoms with Crippen molar-refractivity contribution in [2.45, 2.75) is 207 Å². The second-order valence-electron chi connectivity index (χ2n) is 23.4. The van der Waals surface area contributed by atoms with Crippen LogP contribution in [0, 0.1) is 61.6 Å². The normalized spacial score (nSPS) is 46.2. The average Bonchev–Trinajstić information content (AvgIpc) is 3.39. The molecule has 8 rings (SSSR count). The molecular formula is C53H84O7. The number of hydrogen-bond donors (Lipinski definition) is 4. The Kier molecular flexibility index (Phi) is 12.4. The third-order valence-electron chi connectivity index (χ3n) is 21.1. The van der Waals surface area contributed by atoms with Gasteiger partial charge in [-0.25, -0.2) is 0 Å². The van der Waals surface area contributed by atoms with E-state index < -0.39 is 39.5 Å². The summed E-state index contributed by atoms with van der Waals surface area (Å²) in [5.41, 5.74) is -0.142. The first-order valence-corrected chi connectivity index (χ1v) is 25.1. The number of hydrogen-bond acceptors (Lipinski definition) is 6. The van der Waals surface area contributed by atoms with Gasteiger partial charge >= 0.3 is 5.97 Å². The van der Waals surface area contributed by atoms with Gasteiger partial charge in [-0.1, -0.05) is 116 Å². The molecule has 2 bridgehead atoms. The molecule has 7 fully saturated rings. The number of carboxylic acid groups (broad SMARTS) is 1. The Hall–Kier alpha value is -1.51. The summed E-state index contributed by atoms with van der Waals surface area (Å²) in [6, 6.07) is 8.78. The maximum Gasteiger partial charge on any atom is 0.309 e. The maximum absolute atomic E-state index is 13.1. The number of unbranched alkanes of at least 4 members (excludes halogenated alkanes) is 2. The first-order chi connectivity index (χ1) is 28.6. The topological polar surface area (TPSA) is 116 Å². The van der Waals surface area contributed by atoms with Crippen molar-refractivity contribution >= 4 is 5.97 Å². The molecular weight excluding hydrogens is 749 g/mol. The van der Waals surface area contributed by atoms with Crippen molar-refractivity contribution in [3.63, 3.8) is 0 Å². The summed E-state index contributed by atoms with van der Waals surface area (Å²) in [7, 11) is 1.74. The van der Waals surface area contributed by atoms with Gasteiger partial charge in [0.2, 0.25) is 0 Å². The van der Waals surface area contributed by atoms with E-state index in [-0.39, 0.29) is 47.2 Å². The van der Waals surface area contributed by atoms with Gasteiger partial charge in [-0.15, -0.1) is 0 Å². The average molecular weight is 833 g/mol. The van der Waals surface area contributed by atoms with Crippen LogP contribution < -0.4 is 0 Å². The Bertz CT molecular complexity index is 1670. The molecule has 60 heavy (non-hydrogen) atoms. The predicted molar refractivity (Wildman–Crippen MR) is 237 cm³/mol. The molecule has 1 aromatic rings. The molecule has 7 aliphatic rings. The number of aliphatic hydroxyl groups is 3. The lowest BCUT2D eigenvalue weighted by molar-refractivity contribution is -0.339. The summed E-state index contributed by atoms with van der Waals surface area (Å²) in [5.74, 6) is -0.764. The second-order valence-corrected chi connectivity index (χ2v) is 23.4. The summed E-state index contributed by atoms with van der Waals surface area (Å²) in [4.78, 5) is 13.1. The van der Waals surface area contributed by atoms with E-state index in [1.54, 1.807) is 7.11 Å². The fourth-order valence-electron chi connectivity index (χ4n) is 17.9. The Morgan fingerprint density at radius 1 is 0.817 bits per heavy atom. The quantitative estimate of drug-likeness (QED) is 0.130. The van der Waals surface area contributed by atoms with Crippen molar-refractivity contribution in [3.8, 4) is 0 Å². The number of methoxy groups -OCH3 is 1. The van der Waals surface area contributed by atoms with Gasteiger partial charge in [0.1, 0.15) is 0 Å². The Balaban J connectivity index is 1.18. The van der Waals surface area contributed by atoms with Crippen LogP contribution in [0.1, 0.15) is 187 Å². The molecule has 7 nitrogen and oxygen atoms in total. The van der Waals surface area contributed by atoms with Gasteiger partial charge in [0.15, 0.2) is 5.79 Å². The van der Waals surface area contributed by atoms with E-state index in [0.29, 0.717) is 18.9 Å². The summed E-state index contributed by atoms with van der Waals surface area (Å²) in [6.45, 7) is 12.4. The highest BCUT2D eigenvalue weighted by atomic mass is 16.6. The Labute approximate surface area is 363 Å². The minimum absolute atomic E-state index is 0.00733. The molecule has 7 heteroatoms. The summed E-state index contributed by atoms with van der Waals surface area (Å²) in [6.07, 6.45) is 23.8. The highest BCUT2D eigenvalue weighted by molar-refractivity contribution is 5.74. The lowest BCUT2D eigenvalue weighted by Gasteiger charge is -2.78. The van der Waals surface area contributed by atoms with Gasteiger partial charge < -0.3 is 29.9 Å². The number of aliphatic carboxylic acids is 1. The zero-order chi connectivity index (χ0) is 42.8. The molecule has 338 valence electrons. The van der Waals surface area contributed by atoms with Gasteiger partial charge in [-0.2, -0.15) is 0 Å². The summed E-state index contributed by atoms with van der Waals surface area (Å²) >= 11 is 0. The van der Waals surface area contributed by atoms with E-state index in [1.807, 2.05) is 6.92 Å². The molecule has 0 radical (unpaired) electrons. The van der Waals surface area contributed by atoms with Crippen LogP contribution in [-0.2, 0) is 27.1 Å². The first kappa shape index (κ1) is 45.1. The summed E-state index contributed by atoms with van der Waals surface area (Å²) < 4.78 is 12.4. The van der Waals surface area contributed by atoms with Crippen molar-refractivity contribution < 1.29 is 34.7 Å². The highest BCUT2D eigenvalue weighted by Crippen LogP contribution is 2.84. The molecule has 0 unspecified atom stereocenters. The molecule has 1 saturated heterocycles.